The molecule has 0 saturated heterocycles. The van der Waals surface area contributed by atoms with Gasteiger partial charge in [-0.05, 0) is 61.2 Å². The Kier molecular flexibility index (Phi) is 10.4. The van der Waals surface area contributed by atoms with Gasteiger partial charge in [0.15, 0.2) is 0 Å². The van der Waals surface area contributed by atoms with E-state index in [0.717, 1.165) is 11.3 Å². The lowest BCUT2D eigenvalue weighted by Gasteiger charge is -2.38. The maximum atomic E-state index is 14.0. The van der Waals surface area contributed by atoms with Crippen molar-refractivity contribution in [1.82, 2.24) is 25.0 Å². The van der Waals surface area contributed by atoms with Crippen LogP contribution in [0.2, 0.25) is 0 Å². The van der Waals surface area contributed by atoms with Gasteiger partial charge in [0.05, 0.1) is 18.2 Å². The molecule has 0 saturated carbocycles. The van der Waals surface area contributed by atoms with E-state index in [1.54, 1.807) is 36.3 Å². The molecule has 0 bridgehead atoms. The second-order valence-corrected chi connectivity index (χ2v) is 11.9. The van der Waals surface area contributed by atoms with E-state index in [4.69, 9.17) is 0 Å². The molecule has 3 aromatic rings. The van der Waals surface area contributed by atoms with Gasteiger partial charge in [-0.15, -0.1) is 0 Å². The van der Waals surface area contributed by atoms with Gasteiger partial charge in [-0.3, -0.25) is 19.3 Å². The van der Waals surface area contributed by atoms with Gasteiger partial charge in [-0.2, -0.15) is 0 Å². The first-order valence-electron chi connectivity index (χ1n) is 14.6. The summed E-state index contributed by atoms with van der Waals surface area (Å²) in [5.74, 6) is 1.98. The van der Waals surface area contributed by atoms with Crippen molar-refractivity contribution in [1.29, 1.82) is 0 Å². The van der Waals surface area contributed by atoms with Crippen molar-refractivity contribution in [2.24, 2.45) is 5.41 Å². The minimum Gasteiger partial charge on any atom is -0.343 e. The van der Waals surface area contributed by atoms with Crippen molar-refractivity contribution in [2.45, 2.75) is 52.1 Å². The summed E-state index contributed by atoms with van der Waals surface area (Å²) in [5.41, 5.74) is 1.79. The molecule has 2 aromatic carbocycles. The Balaban J connectivity index is 1.59. The Hall–Kier alpha value is -4.42. The zero-order chi connectivity index (χ0) is 31.0. The van der Waals surface area contributed by atoms with Gasteiger partial charge < -0.3 is 20.1 Å². The number of nitrogens with zero attached hydrogens (tertiary/aromatic N) is 3. The molecule has 3 amide bonds. The Morgan fingerprint density at radius 3 is 2.47 bits per heavy atom. The number of benzene rings is 2. The predicted octanol–water partition coefficient (Wildman–Crippen LogP) is 4.00. The molecule has 1 aliphatic rings. The topological polar surface area (TPSA) is 86.7 Å². The number of hydrogen-bond donors (Lipinski definition) is 2. The molecule has 1 aliphatic heterocycles. The summed E-state index contributed by atoms with van der Waals surface area (Å²) in [6, 6.07) is 19.6. The lowest BCUT2D eigenvalue weighted by Crippen LogP contribution is -2.58. The summed E-state index contributed by atoms with van der Waals surface area (Å²) in [6.45, 7) is 6.42. The van der Waals surface area contributed by atoms with Gasteiger partial charge in [0.2, 0.25) is 5.91 Å². The molecule has 43 heavy (non-hydrogen) atoms. The molecule has 226 valence electrons. The van der Waals surface area contributed by atoms with Crippen LogP contribution >= 0.6 is 0 Å². The number of rotatable bonds is 11. The summed E-state index contributed by atoms with van der Waals surface area (Å²) < 4.78 is 15.4. The van der Waals surface area contributed by atoms with Gasteiger partial charge in [-0.25, -0.2) is 4.39 Å². The van der Waals surface area contributed by atoms with E-state index in [-0.39, 0.29) is 42.7 Å². The molecule has 2 N–H and O–H groups in total. The zero-order valence-electron chi connectivity index (χ0n) is 25.3. The van der Waals surface area contributed by atoms with Crippen LogP contribution in [-0.2, 0) is 16.0 Å². The lowest BCUT2D eigenvalue weighted by molar-refractivity contribution is -0.138. The van der Waals surface area contributed by atoms with Crippen LogP contribution in [0.15, 0.2) is 73.1 Å². The van der Waals surface area contributed by atoms with Crippen molar-refractivity contribution in [3.05, 3.63) is 90.0 Å². The fraction of sp³-hybridized carbons (Fsp3) is 0.382. The van der Waals surface area contributed by atoms with Crippen LogP contribution in [-0.4, -0.2) is 70.9 Å². The van der Waals surface area contributed by atoms with E-state index in [0.29, 0.717) is 31.4 Å². The molecule has 0 radical (unpaired) electrons. The van der Waals surface area contributed by atoms with Gasteiger partial charge >= 0.3 is 0 Å². The quantitative estimate of drug-likeness (QED) is 0.333. The number of hydrogen-bond acceptors (Lipinski definition) is 4. The largest absolute Gasteiger partial charge is 0.343 e. The first kappa shape index (κ1) is 31.5. The molecule has 4 rings (SSSR count). The number of likely N-dealkylation sites (N-methyl/N-ethyl adjacent to an activating group) is 1. The molecule has 2 unspecified atom stereocenters. The van der Waals surface area contributed by atoms with Crippen molar-refractivity contribution in [2.75, 3.05) is 26.7 Å². The molecule has 0 fully saturated rings. The van der Waals surface area contributed by atoms with Crippen LogP contribution in [0.25, 0.3) is 5.69 Å². The standard InChI is InChI=1S/C34H40FN5O3/c1-34(2,3)31(37-30(41)22-36-4)33(43)40-19-9-8-12-29(40)24-39(20-17-25-13-15-27(35)16-14-25)32(42)26-18-21-38(23-26)28-10-6-5-7-11-28/h5-7,10-11,13-16,18,21,23,29,31,36H,8,12,17,20,22,24H2,1-4H3,(H,37,41). The van der Waals surface area contributed by atoms with Gasteiger partial charge in [0.1, 0.15) is 11.9 Å². The highest BCUT2D eigenvalue weighted by Gasteiger charge is 2.39. The monoisotopic (exact) mass is 585 g/mol. The van der Waals surface area contributed by atoms with Crippen LogP contribution in [0.4, 0.5) is 4.39 Å². The zero-order valence-corrected chi connectivity index (χ0v) is 25.3. The second kappa shape index (κ2) is 14.2. The Bertz CT molecular complexity index is 1470. The molecule has 9 heteroatoms. The highest BCUT2D eigenvalue weighted by molar-refractivity contribution is 5.94. The average Bonchev–Trinajstić information content (AvgIpc) is 3.49. The van der Waals surface area contributed by atoms with E-state index < -0.39 is 11.5 Å². The molecule has 0 aliphatic carbocycles. The number of nitrogens with one attached hydrogen (secondary N) is 2. The van der Waals surface area contributed by atoms with Gasteiger partial charge in [0.25, 0.3) is 11.8 Å². The SMILES string of the molecule is CNCC(=O)NC(C(=O)N1C#CCCC1CN(CCc1ccc(F)cc1)C(=O)c1ccn(-c2ccccc2)c1)C(C)(C)C. The van der Waals surface area contributed by atoms with E-state index >= 15 is 0 Å². The van der Waals surface area contributed by atoms with Gasteiger partial charge in [0, 0.05) is 43.6 Å². The van der Waals surface area contributed by atoms with Crippen molar-refractivity contribution in [3.63, 3.8) is 0 Å². The van der Waals surface area contributed by atoms with E-state index in [2.05, 4.69) is 22.6 Å². The van der Waals surface area contributed by atoms with Crippen molar-refractivity contribution in [3.8, 4) is 17.7 Å². The van der Waals surface area contributed by atoms with Crippen LogP contribution in [0.5, 0.6) is 0 Å². The molecular formula is C34H40FN5O3. The lowest BCUT2D eigenvalue weighted by atomic mass is 9.85. The van der Waals surface area contributed by atoms with Crippen molar-refractivity contribution < 1.29 is 18.8 Å². The van der Waals surface area contributed by atoms with Crippen LogP contribution in [0.3, 0.4) is 0 Å². The molecule has 0 spiro atoms. The highest BCUT2D eigenvalue weighted by atomic mass is 19.1. The molecule has 2 atom stereocenters. The fourth-order valence-corrected chi connectivity index (χ4v) is 5.08. The number of amides is 3. The third-order valence-corrected chi connectivity index (χ3v) is 7.46. The summed E-state index contributed by atoms with van der Waals surface area (Å²) >= 11 is 0. The normalized spacial score (nSPS) is 15.3. The fourth-order valence-electron chi connectivity index (χ4n) is 5.08. The van der Waals surface area contributed by atoms with Gasteiger partial charge in [-0.1, -0.05) is 57.0 Å². The van der Waals surface area contributed by atoms with E-state index in [1.165, 1.54) is 17.0 Å². The highest BCUT2D eigenvalue weighted by Crippen LogP contribution is 2.24. The molecular weight excluding hydrogens is 545 g/mol. The third-order valence-electron chi connectivity index (χ3n) is 7.46. The number of para-hydroxylation sites is 1. The summed E-state index contributed by atoms with van der Waals surface area (Å²) in [4.78, 5) is 43.6. The van der Waals surface area contributed by atoms with Crippen molar-refractivity contribution >= 4 is 17.7 Å². The number of carbonyl (C=O) groups is 3. The number of carbonyl (C=O) groups excluding carboxylic acids is 3. The minimum atomic E-state index is -0.800. The first-order valence-corrected chi connectivity index (χ1v) is 14.6. The molecule has 1 aromatic heterocycles. The van der Waals surface area contributed by atoms with E-state index in [9.17, 15) is 18.8 Å². The number of aromatic nitrogens is 1. The Morgan fingerprint density at radius 1 is 1.07 bits per heavy atom. The smallest absolute Gasteiger partial charge is 0.257 e. The molecule has 8 nitrogen and oxygen atoms in total. The minimum absolute atomic E-state index is 0.0866. The summed E-state index contributed by atoms with van der Waals surface area (Å²) in [7, 11) is 1.67. The first-order chi connectivity index (χ1) is 20.6. The Morgan fingerprint density at radius 2 is 1.79 bits per heavy atom. The Labute approximate surface area is 253 Å². The maximum absolute atomic E-state index is 14.0. The summed E-state index contributed by atoms with van der Waals surface area (Å²) in [5, 5.41) is 5.69. The average molecular weight is 586 g/mol. The predicted molar refractivity (Wildman–Crippen MR) is 165 cm³/mol. The molecule has 2 heterocycles. The second-order valence-electron chi connectivity index (χ2n) is 11.9. The third kappa shape index (κ3) is 8.33. The number of halogens is 1. The van der Waals surface area contributed by atoms with Crippen LogP contribution in [0.1, 0.15) is 49.5 Å². The maximum Gasteiger partial charge on any atom is 0.257 e. The summed E-state index contributed by atoms with van der Waals surface area (Å²) in [6.07, 6.45) is 5.35. The van der Waals surface area contributed by atoms with Crippen LogP contribution in [0, 0.1) is 23.2 Å². The van der Waals surface area contributed by atoms with E-state index in [1.807, 2.05) is 61.9 Å². The van der Waals surface area contributed by atoms with Crippen LogP contribution < -0.4 is 10.6 Å².